The maximum Gasteiger partial charge on any atom is 0.328 e. The highest BCUT2D eigenvalue weighted by molar-refractivity contribution is 7.90. The van der Waals surface area contributed by atoms with E-state index in [-0.39, 0.29) is 23.4 Å². The maximum atomic E-state index is 12.8. The van der Waals surface area contributed by atoms with Crippen molar-refractivity contribution in [3.63, 3.8) is 0 Å². The second-order valence-corrected chi connectivity index (χ2v) is 13.0. The minimum Gasteiger partial charge on any atom is -0.497 e. The molecule has 2 aromatic rings. The van der Waals surface area contributed by atoms with E-state index in [2.05, 4.69) is 15.4 Å². The van der Waals surface area contributed by atoms with Gasteiger partial charge >= 0.3 is 12.1 Å². The van der Waals surface area contributed by atoms with Crippen LogP contribution in [0.1, 0.15) is 57.1 Å². The fraction of sp³-hybridized carbons (Fsp3) is 0.469. The van der Waals surface area contributed by atoms with E-state index >= 15 is 0 Å². The zero-order valence-electron chi connectivity index (χ0n) is 25.6. The first kappa shape index (κ1) is 33.0. The molecular weight excluding hydrogens is 584 g/mol. The topological polar surface area (TPSA) is 143 Å². The fourth-order valence-corrected chi connectivity index (χ4v) is 6.46. The summed E-state index contributed by atoms with van der Waals surface area (Å²) in [5.74, 6) is 0.941. The average molecular weight is 627 g/mol. The lowest BCUT2D eigenvalue weighted by Crippen LogP contribution is -2.45. The smallest absolute Gasteiger partial charge is 0.328 e. The van der Waals surface area contributed by atoms with Crippen LogP contribution in [-0.4, -0.2) is 64.1 Å². The molecule has 0 saturated heterocycles. The van der Waals surface area contributed by atoms with Crippen molar-refractivity contribution in [2.24, 2.45) is 5.92 Å². The van der Waals surface area contributed by atoms with Gasteiger partial charge in [0.1, 0.15) is 5.75 Å². The Bertz CT molecular complexity index is 1450. The van der Waals surface area contributed by atoms with Gasteiger partial charge in [0.25, 0.3) is 15.9 Å². The summed E-state index contributed by atoms with van der Waals surface area (Å²) in [7, 11) is -2.42. The number of rotatable bonds is 12. The van der Waals surface area contributed by atoms with Gasteiger partial charge in [-0.2, -0.15) is 0 Å². The van der Waals surface area contributed by atoms with Crippen LogP contribution in [0.25, 0.3) is 0 Å². The summed E-state index contributed by atoms with van der Waals surface area (Å²) in [4.78, 5) is 38.5. The molecule has 2 aliphatic rings. The van der Waals surface area contributed by atoms with Crippen LogP contribution in [0.5, 0.6) is 5.75 Å². The molecule has 0 aromatic heterocycles. The Labute approximate surface area is 259 Å². The number of hydrogen-bond acceptors (Lipinski definition) is 7. The number of benzene rings is 2. The molecule has 5 amide bonds. The van der Waals surface area contributed by atoms with Gasteiger partial charge in [0, 0.05) is 24.8 Å². The quantitative estimate of drug-likeness (QED) is 0.319. The van der Waals surface area contributed by atoms with Gasteiger partial charge in [-0.3, -0.25) is 9.69 Å². The van der Waals surface area contributed by atoms with Crippen LogP contribution in [0, 0.1) is 5.92 Å². The Morgan fingerprint density at radius 2 is 1.64 bits per heavy atom. The molecule has 1 aliphatic heterocycles. The number of carbonyl (C=O) groups excluding carboxylic acids is 3. The summed E-state index contributed by atoms with van der Waals surface area (Å²) in [6, 6.07) is 12.6. The number of nitrogens with one attached hydrogen (secondary N) is 3. The summed E-state index contributed by atoms with van der Waals surface area (Å²) in [5, 5.41) is 5.54. The van der Waals surface area contributed by atoms with Gasteiger partial charge in [-0.05, 0) is 92.3 Å². The van der Waals surface area contributed by atoms with Crippen molar-refractivity contribution in [2.75, 3.05) is 26.8 Å². The second-order valence-electron chi connectivity index (χ2n) is 11.3. The van der Waals surface area contributed by atoms with E-state index in [4.69, 9.17) is 9.47 Å². The fourth-order valence-electron chi connectivity index (χ4n) is 5.55. The lowest BCUT2D eigenvalue weighted by Gasteiger charge is -2.29. The molecular formula is C32H42N4O7S. The largest absolute Gasteiger partial charge is 0.497 e. The zero-order valence-corrected chi connectivity index (χ0v) is 26.4. The highest BCUT2D eigenvalue weighted by atomic mass is 32.2. The summed E-state index contributed by atoms with van der Waals surface area (Å²) < 4.78 is 38.7. The van der Waals surface area contributed by atoms with Gasteiger partial charge in [-0.15, -0.1) is 0 Å². The van der Waals surface area contributed by atoms with Crippen molar-refractivity contribution < 1.29 is 32.3 Å². The Kier molecular flexibility index (Phi) is 11.4. The number of urea groups is 2. The van der Waals surface area contributed by atoms with Crippen LogP contribution < -0.4 is 20.1 Å². The molecule has 0 radical (unpaired) electrons. The second kappa shape index (κ2) is 15.2. The third-order valence-corrected chi connectivity index (χ3v) is 9.47. The Hall–Kier alpha value is -3.90. The van der Waals surface area contributed by atoms with Gasteiger partial charge in [-0.1, -0.05) is 31.2 Å². The molecule has 12 heteroatoms. The number of amides is 5. The van der Waals surface area contributed by atoms with Crippen molar-refractivity contribution in [2.45, 2.75) is 69.9 Å². The summed E-state index contributed by atoms with van der Waals surface area (Å²) in [5.41, 5.74) is 3.46. The monoisotopic (exact) mass is 626 g/mol. The molecule has 1 fully saturated rings. The third kappa shape index (κ3) is 8.82. The number of hydrogen-bond donors (Lipinski definition) is 3. The van der Waals surface area contributed by atoms with Crippen molar-refractivity contribution in [3.8, 4) is 5.75 Å². The van der Waals surface area contributed by atoms with Gasteiger partial charge in [0.05, 0.1) is 25.2 Å². The van der Waals surface area contributed by atoms with E-state index in [1.807, 2.05) is 38.1 Å². The number of nitrogens with zero attached hydrogens (tertiary/aromatic N) is 1. The van der Waals surface area contributed by atoms with Crippen molar-refractivity contribution in [1.82, 2.24) is 20.3 Å². The first-order valence-corrected chi connectivity index (χ1v) is 16.5. The Morgan fingerprint density at radius 3 is 2.25 bits per heavy atom. The highest BCUT2D eigenvalue weighted by Gasteiger charge is 2.31. The number of sulfonamides is 1. The van der Waals surface area contributed by atoms with E-state index in [0.29, 0.717) is 44.1 Å². The molecule has 0 spiro atoms. The van der Waals surface area contributed by atoms with Crippen LogP contribution in [-0.2, 0) is 32.6 Å². The van der Waals surface area contributed by atoms with E-state index in [1.165, 1.54) is 17.0 Å². The zero-order chi connectivity index (χ0) is 31.7. The first-order chi connectivity index (χ1) is 21.1. The number of methoxy groups -OCH3 is 1. The van der Waals surface area contributed by atoms with Crippen LogP contribution >= 0.6 is 0 Å². The van der Waals surface area contributed by atoms with Crippen molar-refractivity contribution >= 4 is 28.0 Å². The van der Waals surface area contributed by atoms with Crippen LogP contribution in [0.2, 0.25) is 0 Å². The molecule has 3 N–H and O–H groups in total. The van der Waals surface area contributed by atoms with Crippen LogP contribution in [0.15, 0.2) is 64.6 Å². The minimum absolute atomic E-state index is 0.0329. The summed E-state index contributed by atoms with van der Waals surface area (Å²) in [6.45, 7) is 5.48. The van der Waals surface area contributed by atoms with E-state index in [9.17, 15) is 22.8 Å². The number of carbonyl (C=O) groups is 3. The standard InChI is InChI=1S/C32H42N4O7S/c1-4-29-22(2)19-36(30(29)37)32(39)33-18-17-23-9-15-28(16-10-23)44(40,41)35-31(38)34-26-11-5-24(6-12-26)20-43-21-25-7-13-27(42-3)14-8-25/h7-10,13-16,24,26H,4-6,11-12,17-21H2,1-3H3,(H,33,39)(H2,34,35,38). The average Bonchev–Trinajstić information content (AvgIpc) is 3.30. The first-order valence-electron chi connectivity index (χ1n) is 15.0. The summed E-state index contributed by atoms with van der Waals surface area (Å²) >= 11 is 0. The molecule has 44 heavy (non-hydrogen) atoms. The summed E-state index contributed by atoms with van der Waals surface area (Å²) in [6.07, 6.45) is 4.29. The van der Waals surface area contributed by atoms with Gasteiger partial charge in [0.2, 0.25) is 0 Å². The molecule has 1 saturated carbocycles. The van der Waals surface area contributed by atoms with E-state index in [1.54, 1.807) is 19.2 Å². The van der Waals surface area contributed by atoms with Crippen molar-refractivity contribution in [1.29, 1.82) is 0 Å². The molecule has 4 rings (SSSR count). The van der Waals surface area contributed by atoms with Gasteiger partial charge in [0.15, 0.2) is 0 Å². The van der Waals surface area contributed by atoms with Crippen LogP contribution in [0.3, 0.4) is 0 Å². The molecule has 11 nitrogen and oxygen atoms in total. The van der Waals surface area contributed by atoms with Gasteiger partial charge in [-0.25, -0.2) is 22.7 Å². The molecule has 0 bridgehead atoms. The molecule has 2 aromatic carbocycles. The minimum atomic E-state index is -4.05. The Balaban J connectivity index is 1.14. The number of imide groups is 1. The number of ether oxygens (including phenoxy) is 2. The van der Waals surface area contributed by atoms with Gasteiger partial charge < -0.3 is 20.1 Å². The molecule has 1 aliphatic carbocycles. The maximum absolute atomic E-state index is 12.8. The van der Waals surface area contributed by atoms with Crippen molar-refractivity contribution in [3.05, 3.63) is 70.8 Å². The molecule has 0 unspecified atom stereocenters. The van der Waals surface area contributed by atoms with E-state index < -0.39 is 22.1 Å². The lowest BCUT2D eigenvalue weighted by atomic mass is 9.86. The highest BCUT2D eigenvalue weighted by Crippen LogP contribution is 2.25. The molecule has 1 heterocycles. The normalized spacial score (nSPS) is 18.7. The molecule has 0 atom stereocenters. The predicted octanol–water partition coefficient (Wildman–Crippen LogP) is 4.28. The Morgan fingerprint density at radius 1 is 0.977 bits per heavy atom. The third-order valence-electron chi connectivity index (χ3n) is 8.13. The van der Waals surface area contributed by atoms with E-state index in [0.717, 1.165) is 48.1 Å². The predicted molar refractivity (Wildman–Crippen MR) is 165 cm³/mol. The SMILES string of the molecule is CCC1=C(C)CN(C(=O)NCCc2ccc(S(=O)(=O)NC(=O)NC3CCC(COCc4ccc(OC)cc4)CC3)cc2)C1=O. The van der Waals surface area contributed by atoms with Crippen LogP contribution in [0.4, 0.5) is 9.59 Å². The molecule has 238 valence electrons. The lowest BCUT2D eigenvalue weighted by molar-refractivity contribution is -0.123.